The highest BCUT2D eigenvalue weighted by atomic mass is 14.9. The van der Waals surface area contributed by atoms with Crippen LogP contribution in [-0.4, -0.2) is 18.8 Å². The third-order valence-corrected chi connectivity index (χ3v) is 2.19. The summed E-state index contributed by atoms with van der Waals surface area (Å²) in [6, 6.07) is 0. The van der Waals surface area contributed by atoms with E-state index in [0.29, 0.717) is 0 Å². The van der Waals surface area contributed by atoms with Crippen molar-refractivity contribution in [1.82, 2.24) is 0 Å². The average molecular weight is 188 g/mol. The Morgan fingerprint density at radius 1 is 0.692 bits per heavy atom. The van der Waals surface area contributed by atoms with Gasteiger partial charge in [0.2, 0.25) is 0 Å². The van der Waals surface area contributed by atoms with Crippen molar-refractivity contribution in [3.63, 3.8) is 0 Å². The van der Waals surface area contributed by atoms with Gasteiger partial charge in [0.15, 0.2) is 0 Å². The maximum Gasteiger partial charge on any atom is 0.0636 e. The van der Waals surface area contributed by atoms with E-state index >= 15 is 0 Å². The van der Waals surface area contributed by atoms with Crippen LogP contribution in [0, 0.1) is 0 Å². The van der Waals surface area contributed by atoms with E-state index in [2.05, 4.69) is 0 Å². The first kappa shape index (κ1) is 12.8. The minimum absolute atomic E-state index is 0.510. The van der Waals surface area contributed by atoms with E-state index in [1.165, 1.54) is 0 Å². The molecule has 80 valence electrons. The smallest absolute Gasteiger partial charge is 0.0636 e. The summed E-state index contributed by atoms with van der Waals surface area (Å²) >= 11 is 0. The molecule has 0 atom stereocenters. The van der Waals surface area contributed by atoms with Gasteiger partial charge in [-0.15, -0.1) is 0 Å². The molecular weight excluding hydrogens is 164 g/mol. The van der Waals surface area contributed by atoms with Crippen molar-refractivity contribution < 1.29 is 0 Å². The van der Waals surface area contributed by atoms with Gasteiger partial charge in [0.05, 0.1) is 5.66 Å². The lowest BCUT2D eigenvalue weighted by atomic mass is 9.98. The first-order valence-corrected chi connectivity index (χ1v) is 5.10. The maximum atomic E-state index is 5.89. The summed E-state index contributed by atoms with van der Waals surface area (Å²) in [5, 5.41) is 0. The van der Waals surface area contributed by atoms with E-state index in [1.54, 1.807) is 0 Å². The van der Waals surface area contributed by atoms with Gasteiger partial charge >= 0.3 is 0 Å². The van der Waals surface area contributed by atoms with Crippen molar-refractivity contribution in [2.45, 2.75) is 44.2 Å². The van der Waals surface area contributed by atoms with Crippen molar-refractivity contribution in [3.8, 4) is 0 Å². The highest BCUT2D eigenvalue weighted by Gasteiger charge is 2.16. The molecule has 8 N–H and O–H groups in total. The molecule has 0 fully saturated rings. The van der Waals surface area contributed by atoms with Crippen molar-refractivity contribution >= 4 is 0 Å². The highest BCUT2D eigenvalue weighted by molar-refractivity contribution is 4.76. The Morgan fingerprint density at radius 2 is 1.08 bits per heavy atom. The highest BCUT2D eigenvalue weighted by Crippen LogP contribution is 2.12. The molecule has 0 bridgehead atoms. The van der Waals surface area contributed by atoms with Gasteiger partial charge in [0, 0.05) is 0 Å². The van der Waals surface area contributed by atoms with Crippen molar-refractivity contribution in [3.05, 3.63) is 0 Å². The largest absolute Gasteiger partial charge is 0.330 e. The molecule has 0 aromatic rings. The van der Waals surface area contributed by atoms with Crippen LogP contribution >= 0.6 is 0 Å². The fourth-order valence-electron chi connectivity index (χ4n) is 1.32. The van der Waals surface area contributed by atoms with Crippen molar-refractivity contribution in [1.29, 1.82) is 0 Å². The van der Waals surface area contributed by atoms with E-state index in [-0.39, 0.29) is 0 Å². The average Bonchev–Trinajstić information content (AvgIpc) is 2.05. The Bertz CT molecular complexity index is 102. The fourth-order valence-corrected chi connectivity index (χ4v) is 1.32. The van der Waals surface area contributed by atoms with Crippen LogP contribution in [0.5, 0.6) is 0 Å². The van der Waals surface area contributed by atoms with E-state index in [9.17, 15) is 0 Å². The van der Waals surface area contributed by atoms with Gasteiger partial charge in [0.1, 0.15) is 0 Å². The van der Waals surface area contributed by atoms with Crippen LogP contribution in [-0.2, 0) is 0 Å². The zero-order chi connectivity index (χ0) is 10.2. The van der Waals surface area contributed by atoms with Gasteiger partial charge in [-0.2, -0.15) is 0 Å². The molecule has 0 aliphatic carbocycles. The molecule has 0 unspecified atom stereocenters. The van der Waals surface area contributed by atoms with E-state index in [1.807, 2.05) is 0 Å². The number of nitrogens with two attached hydrogens (primary N) is 4. The molecule has 4 heteroatoms. The Morgan fingerprint density at radius 3 is 1.38 bits per heavy atom. The van der Waals surface area contributed by atoms with E-state index in [4.69, 9.17) is 22.9 Å². The molecular formula is C9H24N4. The second-order valence-electron chi connectivity index (χ2n) is 3.72. The third-order valence-electron chi connectivity index (χ3n) is 2.19. The summed E-state index contributed by atoms with van der Waals surface area (Å²) in [6.07, 6.45) is 5.77. The summed E-state index contributed by atoms with van der Waals surface area (Å²) in [4.78, 5) is 0. The van der Waals surface area contributed by atoms with Crippen molar-refractivity contribution in [2.75, 3.05) is 13.1 Å². The Hall–Kier alpha value is -0.160. The normalized spacial score (nSPS) is 12.0. The number of hydrogen-bond donors (Lipinski definition) is 4. The molecule has 13 heavy (non-hydrogen) atoms. The van der Waals surface area contributed by atoms with Crippen LogP contribution in [0.3, 0.4) is 0 Å². The number of rotatable bonds is 8. The predicted molar refractivity (Wildman–Crippen MR) is 56.9 cm³/mol. The Kier molecular flexibility index (Phi) is 7.17. The molecule has 0 radical (unpaired) electrons. The van der Waals surface area contributed by atoms with E-state index < -0.39 is 5.66 Å². The summed E-state index contributed by atoms with van der Waals surface area (Å²) in [7, 11) is 0. The fraction of sp³-hybridized carbons (Fsp3) is 1.00. The Balaban J connectivity index is 3.42. The van der Waals surface area contributed by atoms with Crippen LogP contribution in [0.15, 0.2) is 0 Å². The van der Waals surface area contributed by atoms with Gasteiger partial charge in [-0.05, 0) is 51.6 Å². The van der Waals surface area contributed by atoms with Gasteiger partial charge in [-0.25, -0.2) is 0 Å². The molecule has 0 aromatic heterocycles. The lowest BCUT2D eigenvalue weighted by molar-refractivity contribution is 0.353. The summed E-state index contributed by atoms with van der Waals surface area (Å²) in [5.74, 6) is 0. The molecule has 0 amide bonds. The second-order valence-corrected chi connectivity index (χ2v) is 3.72. The lowest BCUT2D eigenvalue weighted by Gasteiger charge is -2.24. The lowest BCUT2D eigenvalue weighted by Crippen LogP contribution is -2.49. The van der Waals surface area contributed by atoms with Crippen LogP contribution < -0.4 is 22.9 Å². The second kappa shape index (κ2) is 7.26. The van der Waals surface area contributed by atoms with E-state index in [0.717, 1.165) is 51.6 Å². The van der Waals surface area contributed by atoms with Gasteiger partial charge in [0.25, 0.3) is 0 Å². The van der Waals surface area contributed by atoms with Crippen molar-refractivity contribution in [2.24, 2.45) is 22.9 Å². The van der Waals surface area contributed by atoms with Crippen LogP contribution in [0.4, 0.5) is 0 Å². The van der Waals surface area contributed by atoms with Gasteiger partial charge in [-0.1, -0.05) is 0 Å². The first-order valence-electron chi connectivity index (χ1n) is 5.10. The standard InChI is InChI=1S/C9H24N4/c10-7-3-1-5-9(12,13)6-2-4-8-11/h1-8,10-13H2. The summed E-state index contributed by atoms with van der Waals surface area (Å²) in [5.41, 5.74) is 22.0. The molecule has 0 heterocycles. The number of unbranched alkanes of at least 4 members (excludes halogenated alkanes) is 2. The molecule has 4 nitrogen and oxygen atoms in total. The Labute approximate surface area is 81.0 Å². The quantitative estimate of drug-likeness (QED) is 0.314. The molecule has 0 aromatic carbocycles. The third kappa shape index (κ3) is 8.18. The van der Waals surface area contributed by atoms with Crippen LogP contribution in [0.2, 0.25) is 0 Å². The maximum absolute atomic E-state index is 5.89. The SMILES string of the molecule is NCCCCC(N)(N)CCCCN. The topological polar surface area (TPSA) is 104 Å². The summed E-state index contributed by atoms with van der Waals surface area (Å²) in [6.45, 7) is 1.44. The zero-order valence-corrected chi connectivity index (χ0v) is 8.47. The predicted octanol–water partition coefficient (Wildman–Crippen LogP) is -0.142. The molecule has 0 aliphatic heterocycles. The minimum atomic E-state index is -0.510. The molecule has 0 aliphatic rings. The molecule has 0 spiro atoms. The number of hydrogen-bond acceptors (Lipinski definition) is 4. The first-order chi connectivity index (χ1) is 6.12. The monoisotopic (exact) mass is 188 g/mol. The molecule has 0 saturated heterocycles. The van der Waals surface area contributed by atoms with Crippen LogP contribution in [0.1, 0.15) is 38.5 Å². The minimum Gasteiger partial charge on any atom is -0.330 e. The zero-order valence-electron chi connectivity index (χ0n) is 8.47. The molecule has 0 rings (SSSR count). The van der Waals surface area contributed by atoms with Gasteiger partial charge < -0.3 is 22.9 Å². The molecule has 0 saturated carbocycles. The summed E-state index contributed by atoms with van der Waals surface area (Å²) < 4.78 is 0. The van der Waals surface area contributed by atoms with Crippen LogP contribution in [0.25, 0.3) is 0 Å². The van der Waals surface area contributed by atoms with Gasteiger partial charge in [-0.3, -0.25) is 0 Å².